The lowest BCUT2D eigenvalue weighted by atomic mass is 9.97. The van der Waals surface area contributed by atoms with E-state index in [2.05, 4.69) is 6.07 Å². The van der Waals surface area contributed by atoms with Gasteiger partial charge in [0.25, 0.3) is 0 Å². The van der Waals surface area contributed by atoms with Crippen molar-refractivity contribution in [3.05, 3.63) is 114 Å². The minimum absolute atomic E-state index is 0.0346. The van der Waals surface area contributed by atoms with Gasteiger partial charge in [-0.1, -0.05) is 103 Å². The Labute approximate surface area is 180 Å². The summed E-state index contributed by atoms with van der Waals surface area (Å²) in [5, 5.41) is 9.89. The molecule has 0 aliphatic carbocycles. The molecule has 3 aromatic carbocycles. The van der Waals surface area contributed by atoms with Gasteiger partial charge in [-0.05, 0) is 11.6 Å². The molecule has 4 heteroatoms. The van der Waals surface area contributed by atoms with E-state index in [0.717, 1.165) is 22.4 Å². The largest absolute Gasteiger partial charge is 0.282 e. The van der Waals surface area contributed by atoms with E-state index in [1.54, 1.807) is 12.1 Å². The lowest BCUT2D eigenvalue weighted by Gasteiger charge is -2.12. The van der Waals surface area contributed by atoms with Crippen molar-refractivity contribution in [1.29, 1.82) is 5.26 Å². The zero-order chi connectivity index (χ0) is 20.8. The van der Waals surface area contributed by atoms with E-state index in [4.69, 9.17) is 4.98 Å². The van der Waals surface area contributed by atoms with Gasteiger partial charge >= 0.3 is 0 Å². The monoisotopic (exact) mass is 406 g/mol. The zero-order valence-corrected chi connectivity index (χ0v) is 17.0. The summed E-state index contributed by atoms with van der Waals surface area (Å²) in [6.45, 7) is 0. The molecular weight excluding hydrogens is 388 g/mol. The van der Waals surface area contributed by atoms with Gasteiger partial charge in [-0.2, -0.15) is 5.26 Å². The molecule has 0 saturated carbocycles. The molecule has 0 bridgehead atoms. The summed E-state index contributed by atoms with van der Waals surface area (Å²) < 4.78 is 0. The molecule has 0 unspecified atom stereocenters. The number of hydrogen-bond acceptors (Lipinski definition) is 4. The molecule has 30 heavy (non-hydrogen) atoms. The van der Waals surface area contributed by atoms with Crippen molar-refractivity contribution in [3.63, 3.8) is 0 Å². The number of hydrogen-bond donors (Lipinski definition) is 0. The molecule has 0 atom stereocenters. The van der Waals surface area contributed by atoms with Crippen molar-refractivity contribution in [1.82, 2.24) is 4.98 Å². The van der Waals surface area contributed by atoms with Crippen LogP contribution in [0.2, 0.25) is 0 Å². The van der Waals surface area contributed by atoms with E-state index in [1.165, 1.54) is 11.8 Å². The first-order valence-electron chi connectivity index (χ1n) is 9.53. The standard InChI is InChI=1S/C26H18N2OS/c27-17-23-22(19-10-4-1-5-11-19)16-24(20-12-6-2-7-13-20)28-25(23)18-30-26(29)21-14-8-3-9-15-21/h1-16H,18H2. The Morgan fingerprint density at radius 1 is 0.833 bits per heavy atom. The Bertz CT molecular complexity index is 1200. The topological polar surface area (TPSA) is 53.8 Å². The van der Waals surface area contributed by atoms with Crippen LogP contribution in [0.15, 0.2) is 97.1 Å². The van der Waals surface area contributed by atoms with E-state index < -0.39 is 0 Å². The quantitative estimate of drug-likeness (QED) is 0.387. The molecular formula is C26H18N2OS. The molecule has 0 N–H and O–H groups in total. The third-order valence-corrected chi connectivity index (χ3v) is 5.63. The van der Waals surface area contributed by atoms with Crippen LogP contribution in [0.25, 0.3) is 22.4 Å². The van der Waals surface area contributed by atoms with Gasteiger partial charge in [0.1, 0.15) is 6.07 Å². The minimum atomic E-state index is -0.0346. The van der Waals surface area contributed by atoms with Gasteiger partial charge in [0.15, 0.2) is 0 Å². The number of nitrogens with zero attached hydrogens (tertiary/aromatic N) is 2. The number of thioether (sulfide) groups is 1. The Morgan fingerprint density at radius 2 is 1.40 bits per heavy atom. The first-order valence-corrected chi connectivity index (χ1v) is 10.5. The second-order valence-electron chi connectivity index (χ2n) is 6.66. The lowest BCUT2D eigenvalue weighted by molar-refractivity contribution is 0.108. The van der Waals surface area contributed by atoms with E-state index in [-0.39, 0.29) is 5.12 Å². The zero-order valence-electron chi connectivity index (χ0n) is 16.2. The predicted molar refractivity (Wildman–Crippen MR) is 122 cm³/mol. The van der Waals surface area contributed by atoms with Gasteiger partial charge in [0.2, 0.25) is 5.12 Å². The van der Waals surface area contributed by atoms with Gasteiger partial charge in [0.05, 0.1) is 17.0 Å². The molecule has 0 aliphatic rings. The molecule has 4 rings (SSSR count). The summed E-state index contributed by atoms with van der Waals surface area (Å²) in [6.07, 6.45) is 0. The van der Waals surface area contributed by atoms with Crippen molar-refractivity contribution in [2.75, 3.05) is 0 Å². The van der Waals surface area contributed by atoms with Gasteiger partial charge in [-0.25, -0.2) is 0 Å². The SMILES string of the molecule is N#Cc1c(-c2ccccc2)cc(-c2ccccc2)nc1CSC(=O)c1ccccc1. The van der Waals surface area contributed by atoms with E-state index in [0.29, 0.717) is 22.6 Å². The molecule has 0 amide bonds. The average Bonchev–Trinajstić information content (AvgIpc) is 2.83. The lowest BCUT2D eigenvalue weighted by Crippen LogP contribution is -2.01. The fourth-order valence-corrected chi connectivity index (χ4v) is 4.00. The molecule has 4 aromatic rings. The van der Waals surface area contributed by atoms with Crippen LogP contribution >= 0.6 is 11.8 Å². The smallest absolute Gasteiger partial charge is 0.219 e. The van der Waals surface area contributed by atoms with Gasteiger partial charge in [-0.3, -0.25) is 9.78 Å². The third kappa shape index (κ3) is 4.32. The highest BCUT2D eigenvalue weighted by Crippen LogP contribution is 2.32. The number of nitriles is 1. The van der Waals surface area contributed by atoms with E-state index in [9.17, 15) is 10.1 Å². The molecule has 0 radical (unpaired) electrons. The summed E-state index contributed by atoms with van der Waals surface area (Å²) >= 11 is 1.17. The second-order valence-corrected chi connectivity index (χ2v) is 7.61. The number of pyridine rings is 1. The Morgan fingerprint density at radius 3 is 2.00 bits per heavy atom. The van der Waals surface area contributed by atoms with Crippen LogP contribution in [-0.2, 0) is 5.75 Å². The Hall–Kier alpha value is -3.68. The van der Waals surface area contributed by atoms with Crippen molar-refractivity contribution in [2.24, 2.45) is 0 Å². The first kappa shape index (κ1) is 19.6. The van der Waals surface area contributed by atoms with Gasteiger partial charge < -0.3 is 0 Å². The van der Waals surface area contributed by atoms with E-state index >= 15 is 0 Å². The molecule has 0 fully saturated rings. The second kappa shape index (κ2) is 9.21. The number of carbonyl (C=O) groups is 1. The minimum Gasteiger partial charge on any atom is -0.282 e. The predicted octanol–water partition coefficient (Wildman–Crippen LogP) is 6.36. The molecule has 0 spiro atoms. The first-order chi connectivity index (χ1) is 14.8. The molecule has 144 valence electrons. The molecule has 3 nitrogen and oxygen atoms in total. The Kier molecular flexibility index (Phi) is 6.03. The third-order valence-electron chi connectivity index (χ3n) is 4.71. The average molecular weight is 407 g/mol. The summed E-state index contributed by atoms with van der Waals surface area (Å²) in [4.78, 5) is 17.3. The van der Waals surface area contributed by atoms with Crippen LogP contribution in [0.1, 0.15) is 21.6 Å². The maximum Gasteiger partial charge on any atom is 0.219 e. The molecule has 0 saturated heterocycles. The normalized spacial score (nSPS) is 10.4. The number of aromatic nitrogens is 1. The highest BCUT2D eigenvalue weighted by molar-refractivity contribution is 8.13. The maximum atomic E-state index is 12.6. The van der Waals surface area contributed by atoms with Crippen LogP contribution in [-0.4, -0.2) is 10.1 Å². The highest BCUT2D eigenvalue weighted by Gasteiger charge is 2.17. The highest BCUT2D eigenvalue weighted by atomic mass is 32.2. The van der Waals surface area contributed by atoms with Crippen LogP contribution in [0.5, 0.6) is 0 Å². The van der Waals surface area contributed by atoms with Crippen LogP contribution in [0.4, 0.5) is 0 Å². The van der Waals surface area contributed by atoms with E-state index in [1.807, 2.05) is 84.9 Å². The number of benzene rings is 3. The molecule has 1 heterocycles. The van der Waals surface area contributed by atoms with Crippen molar-refractivity contribution in [3.8, 4) is 28.5 Å². The van der Waals surface area contributed by atoms with Crippen LogP contribution in [0.3, 0.4) is 0 Å². The fourth-order valence-electron chi connectivity index (χ4n) is 3.22. The Balaban J connectivity index is 1.76. The summed E-state index contributed by atoms with van der Waals surface area (Å²) in [5.41, 5.74) is 5.31. The number of rotatable bonds is 5. The number of carbonyl (C=O) groups excluding carboxylic acids is 1. The molecule has 0 aliphatic heterocycles. The van der Waals surface area contributed by atoms with Crippen LogP contribution < -0.4 is 0 Å². The summed E-state index contributed by atoms with van der Waals surface area (Å²) in [5.74, 6) is 0.330. The van der Waals surface area contributed by atoms with Gasteiger partial charge in [0, 0.05) is 22.4 Å². The molecule has 1 aromatic heterocycles. The van der Waals surface area contributed by atoms with Gasteiger partial charge in [-0.15, -0.1) is 0 Å². The fraction of sp³-hybridized carbons (Fsp3) is 0.0385. The van der Waals surface area contributed by atoms with Crippen molar-refractivity contribution < 1.29 is 4.79 Å². The van der Waals surface area contributed by atoms with Crippen molar-refractivity contribution in [2.45, 2.75) is 5.75 Å². The van der Waals surface area contributed by atoms with Crippen LogP contribution in [0, 0.1) is 11.3 Å². The summed E-state index contributed by atoms with van der Waals surface area (Å²) in [7, 11) is 0. The van der Waals surface area contributed by atoms with Crippen molar-refractivity contribution >= 4 is 16.9 Å². The maximum absolute atomic E-state index is 12.6. The summed E-state index contributed by atoms with van der Waals surface area (Å²) in [6, 6.07) is 33.1.